The number of aromatic nitrogens is 1. The number of halogens is 1. The van der Waals surface area contributed by atoms with E-state index in [4.69, 9.17) is 0 Å². The lowest BCUT2D eigenvalue weighted by Gasteiger charge is -2.40. The Bertz CT molecular complexity index is 1280. The van der Waals surface area contributed by atoms with Gasteiger partial charge in [-0.1, -0.05) is 41.7 Å². The van der Waals surface area contributed by atoms with Crippen LogP contribution in [0.25, 0.3) is 0 Å². The highest BCUT2D eigenvalue weighted by Gasteiger charge is 2.55. The second-order valence-corrected chi connectivity index (χ2v) is 11.7. The van der Waals surface area contributed by atoms with Gasteiger partial charge in [-0.25, -0.2) is 4.39 Å². The normalized spacial score (nSPS) is 27.3. The van der Waals surface area contributed by atoms with Crippen molar-refractivity contribution in [2.45, 2.75) is 48.9 Å². The van der Waals surface area contributed by atoms with E-state index in [1.165, 1.54) is 42.7 Å². The molecule has 0 radical (unpaired) electrons. The van der Waals surface area contributed by atoms with Crippen LogP contribution in [0.5, 0.6) is 0 Å². The molecule has 2 fully saturated rings. The lowest BCUT2D eigenvalue weighted by atomic mass is 9.75. The van der Waals surface area contributed by atoms with Crippen LogP contribution in [-0.2, 0) is 11.3 Å². The third kappa shape index (κ3) is 3.56. The zero-order valence-corrected chi connectivity index (χ0v) is 19.9. The van der Waals surface area contributed by atoms with Crippen molar-refractivity contribution in [1.29, 1.82) is 0 Å². The zero-order valence-electron chi connectivity index (χ0n) is 18.3. The standard InChI is InChI=1S/C26H25FN2O2S2/c1-14-4-2-3-5-19(14)28-20(30)13-29-25-24(33-26(29)31)21(15-8-10-18(27)11-9-15)22-16-6-7-17(12-16)23(22)32-25/h2-5,8-11,16-17,21-23H,6-7,12-13H2,1H3,(H,28,30)/t16-,17-,21-,22-,23+/m0/s1. The average Bonchev–Trinajstić information content (AvgIpc) is 3.49. The average molecular weight is 481 g/mol. The summed E-state index contributed by atoms with van der Waals surface area (Å²) in [5.41, 5.74) is 2.84. The molecule has 2 aromatic carbocycles. The molecule has 0 unspecified atom stereocenters. The number of benzene rings is 2. The molecule has 2 heterocycles. The molecule has 0 saturated heterocycles. The second-order valence-electron chi connectivity index (χ2n) is 9.51. The van der Waals surface area contributed by atoms with Crippen LogP contribution in [0.1, 0.15) is 41.2 Å². The number of hydrogen-bond donors (Lipinski definition) is 1. The highest BCUT2D eigenvalue weighted by molar-refractivity contribution is 8.00. The number of anilines is 1. The number of rotatable bonds is 4. The van der Waals surface area contributed by atoms with E-state index >= 15 is 0 Å². The van der Waals surface area contributed by atoms with Crippen molar-refractivity contribution in [3.63, 3.8) is 0 Å². The van der Waals surface area contributed by atoms with Crippen LogP contribution in [0, 0.1) is 30.5 Å². The van der Waals surface area contributed by atoms with E-state index in [2.05, 4.69) is 5.32 Å². The molecule has 6 rings (SSSR count). The van der Waals surface area contributed by atoms with E-state index in [9.17, 15) is 14.0 Å². The number of carbonyl (C=O) groups is 1. The molecule has 3 aliphatic rings. The smallest absolute Gasteiger partial charge is 0.308 e. The Morgan fingerprint density at radius 3 is 2.67 bits per heavy atom. The molecule has 4 nitrogen and oxygen atoms in total. The minimum atomic E-state index is -0.243. The van der Waals surface area contributed by atoms with Crippen molar-refractivity contribution in [2.75, 3.05) is 5.32 Å². The topological polar surface area (TPSA) is 51.1 Å². The fraction of sp³-hybridized carbons (Fsp3) is 0.385. The van der Waals surface area contributed by atoms with E-state index in [1.54, 1.807) is 4.57 Å². The molecule has 1 N–H and O–H groups in total. The molecule has 170 valence electrons. The summed E-state index contributed by atoms with van der Waals surface area (Å²) in [4.78, 5) is 27.0. The van der Waals surface area contributed by atoms with Gasteiger partial charge in [-0.2, -0.15) is 0 Å². The van der Waals surface area contributed by atoms with Crippen LogP contribution < -0.4 is 10.2 Å². The van der Waals surface area contributed by atoms with Crippen LogP contribution in [-0.4, -0.2) is 15.7 Å². The number of nitrogens with one attached hydrogen (secondary N) is 1. The molecular formula is C26H25FN2O2S2. The van der Waals surface area contributed by atoms with Crippen LogP contribution in [0.2, 0.25) is 0 Å². The predicted molar refractivity (Wildman–Crippen MR) is 131 cm³/mol. The third-order valence-electron chi connectivity index (χ3n) is 7.64. The number of thioether (sulfide) groups is 1. The Labute approximate surface area is 200 Å². The first-order chi connectivity index (χ1) is 16.0. The number of hydrogen-bond acceptors (Lipinski definition) is 4. The number of carbonyl (C=O) groups excluding carboxylic acids is 1. The van der Waals surface area contributed by atoms with Gasteiger partial charge in [0.15, 0.2) is 0 Å². The minimum Gasteiger partial charge on any atom is -0.324 e. The van der Waals surface area contributed by atoms with Crippen molar-refractivity contribution in [2.24, 2.45) is 17.8 Å². The van der Waals surface area contributed by atoms with Crippen LogP contribution in [0.3, 0.4) is 0 Å². The van der Waals surface area contributed by atoms with Gasteiger partial charge in [0, 0.05) is 21.7 Å². The van der Waals surface area contributed by atoms with Crippen LogP contribution in [0.4, 0.5) is 10.1 Å². The minimum absolute atomic E-state index is 0.00756. The zero-order chi connectivity index (χ0) is 22.7. The molecule has 1 aromatic heterocycles. The molecule has 2 aliphatic carbocycles. The number of nitrogens with zero attached hydrogens (tertiary/aromatic N) is 1. The van der Waals surface area contributed by atoms with Gasteiger partial charge in [-0.05, 0) is 73.3 Å². The van der Waals surface area contributed by atoms with E-state index in [0.717, 1.165) is 26.7 Å². The molecule has 7 heteroatoms. The number of aryl methyl sites for hydroxylation is 1. The molecule has 3 aromatic rings. The summed E-state index contributed by atoms with van der Waals surface area (Å²) in [6.07, 6.45) is 3.73. The molecule has 2 saturated carbocycles. The fourth-order valence-electron chi connectivity index (χ4n) is 6.18. The van der Waals surface area contributed by atoms with Gasteiger partial charge < -0.3 is 5.32 Å². The van der Waals surface area contributed by atoms with Gasteiger partial charge in [0.1, 0.15) is 12.4 Å². The fourth-order valence-corrected chi connectivity index (χ4v) is 9.33. The Hall–Kier alpha value is -2.38. The summed E-state index contributed by atoms with van der Waals surface area (Å²) >= 11 is 3.07. The van der Waals surface area contributed by atoms with Crippen molar-refractivity contribution < 1.29 is 9.18 Å². The Morgan fingerprint density at radius 1 is 1.12 bits per heavy atom. The van der Waals surface area contributed by atoms with Crippen molar-refractivity contribution in [3.05, 3.63) is 80.0 Å². The van der Waals surface area contributed by atoms with Gasteiger partial charge in [0.25, 0.3) is 0 Å². The third-order valence-corrected chi connectivity index (χ3v) is 10.5. The summed E-state index contributed by atoms with van der Waals surface area (Å²) in [5.74, 6) is 1.45. The molecule has 5 atom stereocenters. The highest BCUT2D eigenvalue weighted by Crippen LogP contribution is 2.64. The van der Waals surface area contributed by atoms with Crippen LogP contribution >= 0.6 is 23.1 Å². The van der Waals surface area contributed by atoms with Gasteiger partial charge in [-0.3, -0.25) is 14.2 Å². The summed E-state index contributed by atoms with van der Waals surface area (Å²) in [6.45, 7) is 1.96. The number of para-hydroxylation sites is 1. The lowest BCUT2D eigenvalue weighted by Crippen LogP contribution is -2.34. The first-order valence-electron chi connectivity index (χ1n) is 11.5. The number of amides is 1. The summed E-state index contributed by atoms with van der Waals surface area (Å²) in [7, 11) is 0. The van der Waals surface area contributed by atoms with E-state index in [1.807, 2.05) is 55.1 Å². The summed E-state index contributed by atoms with van der Waals surface area (Å²) < 4.78 is 15.4. The first-order valence-corrected chi connectivity index (χ1v) is 13.2. The Balaban J connectivity index is 1.37. The van der Waals surface area contributed by atoms with Crippen molar-refractivity contribution in [1.82, 2.24) is 4.57 Å². The molecule has 2 bridgehead atoms. The number of thiazole rings is 1. The van der Waals surface area contributed by atoms with E-state index in [0.29, 0.717) is 23.0 Å². The maximum absolute atomic E-state index is 13.7. The quantitative estimate of drug-likeness (QED) is 0.525. The van der Waals surface area contributed by atoms with E-state index in [-0.39, 0.29) is 29.1 Å². The first kappa shape index (κ1) is 21.2. The molecule has 1 aliphatic heterocycles. The highest BCUT2D eigenvalue weighted by atomic mass is 32.2. The summed E-state index contributed by atoms with van der Waals surface area (Å²) in [6, 6.07) is 14.4. The second kappa shape index (κ2) is 8.13. The van der Waals surface area contributed by atoms with Crippen molar-refractivity contribution in [3.8, 4) is 0 Å². The van der Waals surface area contributed by atoms with Gasteiger partial charge >= 0.3 is 4.87 Å². The van der Waals surface area contributed by atoms with Crippen LogP contribution in [0.15, 0.2) is 58.4 Å². The number of fused-ring (bicyclic) bond motifs is 6. The summed E-state index contributed by atoms with van der Waals surface area (Å²) in [5, 5.41) is 4.35. The van der Waals surface area contributed by atoms with Crippen molar-refractivity contribution >= 4 is 34.7 Å². The van der Waals surface area contributed by atoms with Gasteiger partial charge in [-0.15, -0.1) is 11.8 Å². The molecular weight excluding hydrogens is 455 g/mol. The van der Waals surface area contributed by atoms with E-state index < -0.39 is 0 Å². The van der Waals surface area contributed by atoms with Gasteiger partial charge in [0.2, 0.25) is 5.91 Å². The SMILES string of the molecule is Cc1ccccc1NC(=O)Cn1c2c(sc1=O)[C@@H](c1ccc(F)cc1)[C@@H]1[C@H]3CC[C@@H](C3)[C@H]1S2. The maximum Gasteiger partial charge on any atom is 0.308 e. The lowest BCUT2D eigenvalue weighted by molar-refractivity contribution is -0.116. The van der Waals surface area contributed by atoms with Gasteiger partial charge in [0.05, 0.1) is 5.03 Å². The molecule has 33 heavy (non-hydrogen) atoms. The molecule has 0 spiro atoms. The molecule has 1 amide bonds. The largest absolute Gasteiger partial charge is 0.324 e. The Morgan fingerprint density at radius 2 is 1.88 bits per heavy atom. The Kier molecular flexibility index (Phi) is 5.22. The maximum atomic E-state index is 13.7. The monoisotopic (exact) mass is 480 g/mol. The predicted octanol–water partition coefficient (Wildman–Crippen LogP) is 5.65.